The van der Waals surface area contributed by atoms with Gasteiger partial charge in [0, 0.05) is 12.6 Å². The molecule has 11 heteroatoms. The van der Waals surface area contributed by atoms with E-state index in [1.807, 2.05) is 18.2 Å². The van der Waals surface area contributed by atoms with E-state index < -0.39 is 44.2 Å². The third-order valence-corrected chi connectivity index (χ3v) is 9.14. The average Bonchev–Trinajstić information content (AvgIpc) is 3.19. The van der Waals surface area contributed by atoms with Crippen molar-refractivity contribution >= 4 is 45.8 Å². The van der Waals surface area contributed by atoms with Crippen molar-refractivity contribution in [1.29, 1.82) is 0 Å². The summed E-state index contributed by atoms with van der Waals surface area (Å²) in [6.45, 7) is -0.220. The zero-order valence-corrected chi connectivity index (χ0v) is 22.8. The molecule has 40 heavy (non-hydrogen) atoms. The lowest BCUT2D eigenvalue weighted by Crippen LogP contribution is -2.38. The first-order valence-corrected chi connectivity index (χ1v) is 15.2. The highest BCUT2D eigenvalue weighted by atomic mass is 31.2. The Bertz CT molecular complexity index is 1510. The largest absolute Gasteiger partial charge is 0.395 e. The Balaban J connectivity index is 1.08. The minimum absolute atomic E-state index is 0.0882. The lowest BCUT2D eigenvalue weighted by atomic mass is 9.91. The van der Waals surface area contributed by atoms with Gasteiger partial charge in [0.1, 0.15) is 0 Å². The van der Waals surface area contributed by atoms with Crippen LogP contribution in [0.4, 0.5) is 0 Å². The number of nitrogens with one attached hydrogen (secondary N) is 2. The first-order valence-electron chi connectivity index (χ1n) is 13.5. The van der Waals surface area contributed by atoms with Gasteiger partial charge in [-0.15, -0.1) is 0 Å². The van der Waals surface area contributed by atoms with Crippen LogP contribution in [0.25, 0.3) is 32.3 Å². The molecule has 0 saturated carbocycles. The molecule has 4 aromatic rings. The molecule has 1 fully saturated rings. The molecule has 4 aromatic carbocycles. The topological polar surface area (TPSA) is 169 Å². The second-order valence-corrected chi connectivity index (χ2v) is 12.4. The SMILES string of the molecule is O=C(Cc1ccc2ccc3cccc4ccc1c2c34)NCCCOP(=O)(O)C[C@H](O)C[C@H]1N[C@H](CO)[C@@H](O)[C@@H]1O. The van der Waals surface area contributed by atoms with Crippen molar-refractivity contribution in [3.63, 3.8) is 0 Å². The molecule has 0 bridgehead atoms. The van der Waals surface area contributed by atoms with E-state index in [0.717, 1.165) is 32.5 Å². The second kappa shape index (κ2) is 12.1. The minimum atomic E-state index is -4.12. The summed E-state index contributed by atoms with van der Waals surface area (Å²) in [5, 5.41) is 51.8. The van der Waals surface area contributed by atoms with Gasteiger partial charge in [-0.3, -0.25) is 9.36 Å². The summed E-state index contributed by atoms with van der Waals surface area (Å²) in [4.78, 5) is 22.8. The summed E-state index contributed by atoms with van der Waals surface area (Å²) in [6, 6.07) is 17.1. The van der Waals surface area contributed by atoms with Crippen LogP contribution in [0.3, 0.4) is 0 Å². The zero-order valence-electron chi connectivity index (χ0n) is 21.9. The highest BCUT2D eigenvalue weighted by molar-refractivity contribution is 7.52. The van der Waals surface area contributed by atoms with E-state index in [1.54, 1.807) is 0 Å². The smallest absolute Gasteiger partial charge is 0.330 e. The van der Waals surface area contributed by atoms with Gasteiger partial charge in [-0.25, -0.2) is 0 Å². The van der Waals surface area contributed by atoms with Crippen LogP contribution < -0.4 is 10.6 Å². The van der Waals surface area contributed by atoms with Crippen LogP contribution in [0.15, 0.2) is 54.6 Å². The maximum atomic E-state index is 12.7. The average molecular weight is 571 g/mol. The molecule has 214 valence electrons. The Hall–Kier alpha value is -2.66. The van der Waals surface area contributed by atoms with Gasteiger partial charge < -0.3 is 40.5 Å². The summed E-state index contributed by atoms with van der Waals surface area (Å²) in [5.74, 6) is -0.163. The molecule has 0 spiro atoms. The van der Waals surface area contributed by atoms with Crippen molar-refractivity contribution < 1.29 is 39.2 Å². The first kappa shape index (κ1) is 28.9. The molecular formula is C29H35N2O8P. The molecule has 1 aliphatic heterocycles. The maximum absolute atomic E-state index is 12.7. The van der Waals surface area contributed by atoms with Crippen molar-refractivity contribution in [3.8, 4) is 0 Å². The van der Waals surface area contributed by atoms with E-state index in [-0.39, 0.29) is 38.5 Å². The van der Waals surface area contributed by atoms with Crippen LogP contribution in [0.2, 0.25) is 0 Å². The quantitative estimate of drug-likeness (QED) is 0.0761. The van der Waals surface area contributed by atoms with Crippen molar-refractivity contribution in [2.45, 2.75) is 49.7 Å². The highest BCUT2D eigenvalue weighted by Gasteiger charge is 2.41. The van der Waals surface area contributed by atoms with Crippen molar-refractivity contribution in [2.24, 2.45) is 0 Å². The molecule has 0 aromatic heterocycles. The third-order valence-electron chi connectivity index (χ3n) is 7.67. The van der Waals surface area contributed by atoms with Gasteiger partial charge >= 0.3 is 7.60 Å². The van der Waals surface area contributed by atoms with E-state index in [4.69, 9.17) is 4.52 Å². The molecule has 0 aliphatic carbocycles. The van der Waals surface area contributed by atoms with Crippen LogP contribution in [0, 0.1) is 0 Å². The van der Waals surface area contributed by atoms with Crippen LogP contribution in [-0.4, -0.2) is 87.5 Å². The zero-order chi connectivity index (χ0) is 28.4. The number of hydrogen-bond donors (Lipinski definition) is 7. The van der Waals surface area contributed by atoms with E-state index >= 15 is 0 Å². The van der Waals surface area contributed by atoms with Crippen molar-refractivity contribution in [1.82, 2.24) is 10.6 Å². The standard InChI is InChI=1S/C29H35N2O8P/c32-15-24-29(36)28(35)23(31-24)14-21(33)16-40(37,38)39-12-2-11-30-25(34)13-20-8-7-19-6-5-17-3-1-4-18-9-10-22(20)27(19)26(17)18/h1,3-10,21,23-24,28-29,31-33,35-36H,2,11-16H2,(H,30,34)(H,37,38)/t21-,23-,24-,28-,29-/m1/s1. The fourth-order valence-electron chi connectivity index (χ4n) is 5.70. The number of aliphatic hydroxyl groups is 4. The van der Waals surface area contributed by atoms with Gasteiger partial charge in [0.05, 0.1) is 50.2 Å². The number of carbonyl (C=O) groups excluding carboxylic acids is 1. The molecule has 7 N–H and O–H groups in total. The molecular weight excluding hydrogens is 535 g/mol. The fourth-order valence-corrected chi connectivity index (χ4v) is 6.90. The molecule has 0 radical (unpaired) electrons. The summed E-state index contributed by atoms with van der Waals surface area (Å²) in [7, 11) is -4.12. The monoisotopic (exact) mass is 570 g/mol. The van der Waals surface area contributed by atoms with Crippen molar-refractivity contribution in [3.05, 3.63) is 60.2 Å². The van der Waals surface area contributed by atoms with E-state index in [2.05, 4.69) is 47.0 Å². The summed E-state index contributed by atoms with van der Waals surface area (Å²) in [6.07, 6.45) is -3.80. The molecule has 1 heterocycles. The Morgan fingerprint density at radius 1 is 0.975 bits per heavy atom. The first-order chi connectivity index (χ1) is 19.2. The molecule has 1 amide bonds. The number of aliphatic hydroxyl groups excluding tert-OH is 4. The Kier molecular flexibility index (Phi) is 8.70. The molecule has 1 unspecified atom stereocenters. The van der Waals surface area contributed by atoms with Gasteiger partial charge in [-0.1, -0.05) is 54.6 Å². The van der Waals surface area contributed by atoms with Crippen molar-refractivity contribution in [2.75, 3.05) is 25.9 Å². The summed E-state index contributed by atoms with van der Waals surface area (Å²) >= 11 is 0. The number of rotatable bonds is 12. The van der Waals surface area contributed by atoms with Gasteiger partial charge in [-0.05, 0) is 50.7 Å². The maximum Gasteiger partial charge on any atom is 0.330 e. The van der Waals surface area contributed by atoms with Crippen LogP contribution in [-0.2, 0) is 20.3 Å². The van der Waals surface area contributed by atoms with E-state index in [9.17, 15) is 34.7 Å². The van der Waals surface area contributed by atoms with Gasteiger partial charge in [0.2, 0.25) is 5.91 Å². The van der Waals surface area contributed by atoms with Gasteiger partial charge in [0.25, 0.3) is 0 Å². The lowest BCUT2D eigenvalue weighted by Gasteiger charge is -2.21. The predicted molar refractivity (Wildman–Crippen MR) is 153 cm³/mol. The molecule has 10 nitrogen and oxygen atoms in total. The van der Waals surface area contributed by atoms with Crippen LogP contribution in [0.1, 0.15) is 18.4 Å². The van der Waals surface area contributed by atoms with Gasteiger partial charge in [0.15, 0.2) is 0 Å². The van der Waals surface area contributed by atoms with Crippen LogP contribution in [0.5, 0.6) is 0 Å². The fraction of sp³-hybridized carbons (Fsp3) is 0.414. The molecule has 6 atom stereocenters. The predicted octanol–water partition coefficient (Wildman–Crippen LogP) is 1.64. The number of benzene rings is 4. The Labute approximate surface area is 231 Å². The summed E-state index contributed by atoms with van der Waals surface area (Å²) < 4.78 is 17.5. The van der Waals surface area contributed by atoms with Crippen LogP contribution >= 0.6 is 7.60 Å². The molecule has 1 saturated heterocycles. The lowest BCUT2D eigenvalue weighted by molar-refractivity contribution is -0.120. The van der Waals surface area contributed by atoms with E-state index in [0.29, 0.717) is 6.42 Å². The molecule has 5 rings (SSSR count). The minimum Gasteiger partial charge on any atom is -0.395 e. The van der Waals surface area contributed by atoms with E-state index in [1.165, 1.54) is 5.39 Å². The normalized spacial score (nSPS) is 23.6. The highest BCUT2D eigenvalue weighted by Crippen LogP contribution is 2.43. The number of hydrogen-bond acceptors (Lipinski definition) is 8. The Morgan fingerprint density at radius 2 is 1.62 bits per heavy atom. The second-order valence-electron chi connectivity index (χ2n) is 10.5. The molecule has 1 aliphatic rings. The number of amides is 1. The Morgan fingerprint density at radius 3 is 2.33 bits per heavy atom. The van der Waals surface area contributed by atoms with Gasteiger partial charge in [-0.2, -0.15) is 0 Å². The third kappa shape index (κ3) is 6.15. The summed E-state index contributed by atoms with van der Waals surface area (Å²) in [5.41, 5.74) is 0.924. The number of carbonyl (C=O) groups is 1.